The molecule has 0 heteroatoms. The van der Waals surface area contributed by atoms with Crippen LogP contribution in [0.5, 0.6) is 0 Å². The van der Waals surface area contributed by atoms with Crippen LogP contribution in [0.2, 0.25) is 0 Å². The smallest absolute Gasteiger partial charge is 0.0411 e. The van der Waals surface area contributed by atoms with E-state index in [4.69, 9.17) is 0 Å². The molecule has 0 spiro atoms. The summed E-state index contributed by atoms with van der Waals surface area (Å²) in [7, 11) is 0. The lowest BCUT2D eigenvalue weighted by atomic mass is 10.0. The number of hydrogen-bond donors (Lipinski definition) is 0. The van der Waals surface area contributed by atoms with Crippen molar-refractivity contribution in [2.45, 2.75) is 98.3 Å². The predicted molar refractivity (Wildman–Crippen MR) is 87.4 cm³/mol. The fraction of sp³-hybridized carbons (Fsp3) is 1.00. The van der Waals surface area contributed by atoms with E-state index in [2.05, 4.69) is 13.8 Å². The van der Waals surface area contributed by atoms with Crippen LogP contribution in [-0.2, 0) is 0 Å². The van der Waals surface area contributed by atoms with Crippen LogP contribution in [0.4, 0.5) is 0 Å². The van der Waals surface area contributed by atoms with Crippen LogP contribution in [-0.4, -0.2) is 0 Å². The average Bonchev–Trinajstić information content (AvgIpc) is 3.25. The molecule has 4 saturated carbocycles. The molecule has 4 aliphatic carbocycles. The van der Waals surface area contributed by atoms with Gasteiger partial charge >= 0.3 is 0 Å². The van der Waals surface area contributed by atoms with Gasteiger partial charge in [0.05, 0.1) is 0 Å². The molecule has 0 radical (unpaired) electrons. The lowest BCUT2D eigenvalue weighted by molar-refractivity contribution is 0.480. The van der Waals surface area contributed by atoms with Crippen LogP contribution in [0.15, 0.2) is 0 Å². The van der Waals surface area contributed by atoms with Gasteiger partial charge in [0.2, 0.25) is 0 Å². The Labute approximate surface area is 122 Å². The summed E-state index contributed by atoms with van der Waals surface area (Å²) in [5, 5.41) is 0. The highest BCUT2D eigenvalue weighted by Crippen LogP contribution is 2.44. The van der Waals surface area contributed by atoms with E-state index in [1.165, 1.54) is 30.1 Å². The van der Waals surface area contributed by atoms with Gasteiger partial charge in [0.15, 0.2) is 0 Å². The molecular weight excluding hydrogens is 228 g/mol. The first-order valence-corrected chi connectivity index (χ1v) is 9.31. The fourth-order valence-electron chi connectivity index (χ4n) is 4.35. The highest BCUT2D eigenvalue weighted by Gasteiger charge is 2.31. The minimum atomic E-state index is 1.17. The molecule has 0 unspecified atom stereocenters. The summed E-state index contributed by atoms with van der Waals surface area (Å²) in [6.45, 7) is 8.25. The first-order chi connectivity index (χ1) is 9.31. The molecule has 114 valence electrons. The Morgan fingerprint density at radius 1 is 0.526 bits per heavy atom. The molecule has 0 aromatic rings. The quantitative estimate of drug-likeness (QED) is 0.450. The van der Waals surface area contributed by atoms with Crippen LogP contribution in [0.3, 0.4) is 0 Å². The Bertz CT molecular complexity index is 150. The molecule has 4 bridgehead atoms. The van der Waals surface area contributed by atoms with E-state index in [0.717, 1.165) is 0 Å². The second-order valence-corrected chi connectivity index (χ2v) is 6.95. The molecular formula is C19H38. The van der Waals surface area contributed by atoms with E-state index < -0.39 is 0 Å². The van der Waals surface area contributed by atoms with Gasteiger partial charge in [-0.2, -0.15) is 0 Å². The van der Waals surface area contributed by atoms with Crippen molar-refractivity contribution >= 4 is 0 Å². The molecule has 4 aliphatic rings. The summed E-state index contributed by atoms with van der Waals surface area (Å²) in [4.78, 5) is 0. The fourth-order valence-corrected chi connectivity index (χ4v) is 4.35. The normalized spacial score (nSPS) is 36.6. The van der Waals surface area contributed by atoms with Crippen molar-refractivity contribution in [3.8, 4) is 0 Å². The van der Waals surface area contributed by atoms with E-state index in [9.17, 15) is 0 Å². The minimum absolute atomic E-state index is 1.17. The Kier molecular flexibility index (Phi) is 8.83. The van der Waals surface area contributed by atoms with Crippen molar-refractivity contribution in [2.75, 3.05) is 0 Å². The second-order valence-electron chi connectivity index (χ2n) is 6.95. The first kappa shape index (κ1) is 17.1. The third kappa shape index (κ3) is 5.88. The zero-order valence-corrected chi connectivity index (χ0v) is 14.1. The molecule has 0 aromatic carbocycles. The maximum Gasteiger partial charge on any atom is -0.0411 e. The molecule has 0 aliphatic heterocycles. The van der Waals surface area contributed by atoms with E-state index in [0.29, 0.717) is 0 Å². The molecule has 19 heavy (non-hydrogen) atoms. The van der Waals surface area contributed by atoms with E-state index in [1.807, 2.05) is 13.8 Å². The molecule has 0 amide bonds. The standard InChI is InChI=1S/2C7H12.C3H8.C2H6/c2*1-2-7-4-3-6(1)5-7;1-3-2;1-2/h2*6-7H,1-5H2;3H2,1-2H3;1-2H3. The Balaban J connectivity index is 0.000000144. The summed E-state index contributed by atoms with van der Waals surface area (Å²) in [5.74, 6) is 4.69. The maximum absolute atomic E-state index is 2.12. The summed E-state index contributed by atoms with van der Waals surface area (Å²) >= 11 is 0. The van der Waals surface area contributed by atoms with Crippen molar-refractivity contribution in [1.82, 2.24) is 0 Å². The molecule has 0 saturated heterocycles. The van der Waals surface area contributed by atoms with Crippen molar-refractivity contribution < 1.29 is 0 Å². The zero-order valence-electron chi connectivity index (χ0n) is 14.1. The number of fused-ring (bicyclic) bond motifs is 4. The largest absolute Gasteiger partial charge is 0.0683 e. The summed E-state index contributed by atoms with van der Waals surface area (Å²) in [6, 6.07) is 0. The lowest BCUT2D eigenvalue weighted by Gasteiger charge is -2.05. The minimum Gasteiger partial charge on any atom is -0.0683 e. The number of hydrogen-bond acceptors (Lipinski definition) is 0. The predicted octanol–water partition coefficient (Wildman–Crippen LogP) is 6.84. The zero-order chi connectivity index (χ0) is 14.1. The Morgan fingerprint density at radius 3 is 0.737 bits per heavy atom. The van der Waals surface area contributed by atoms with Crippen LogP contribution in [0, 0.1) is 23.7 Å². The SMILES string of the molecule is C1CC2CCC1C2.C1CC2CCC1C2.CC.CCC. The monoisotopic (exact) mass is 266 g/mol. The first-order valence-electron chi connectivity index (χ1n) is 9.31. The third-order valence-corrected chi connectivity index (χ3v) is 5.27. The van der Waals surface area contributed by atoms with Gasteiger partial charge in [0.25, 0.3) is 0 Å². The average molecular weight is 267 g/mol. The second kappa shape index (κ2) is 9.83. The summed E-state index contributed by atoms with van der Waals surface area (Å²) in [6.07, 6.45) is 16.9. The van der Waals surface area contributed by atoms with Crippen molar-refractivity contribution in [2.24, 2.45) is 23.7 Å². The molecule has 0 aromatic heterocycles. The summed E-state index contributed by atoms with van der Waals surface area (Å²) in [5.41, 5.74) is 0. The molecule has 4 rings (SSSR count). The lowest BCUT2D eigenvalue weighted by Crippen LogP contribution is -1.90. The molecule has 0 N–H and O–H groups in total. The van der Waals surface area contributed by atoms with Gasteiger partial charge in [0, 0.05) is 0 Å². The van der Waals surface area contributed by atoms with Crippen LogP contribution in [0.25, 0.3) is 0 Å². The molecule has 4 fully saturated rings. The van der Waals surface area contributed by atoms with Crippen LogP contribution >= 0.6 is 0 Å². The maximum atomic E-state index is 2.12. The van der Waals surface area contributed by atoms with Crippen molar-refractivity contribution in [1.29, 1.82) is 0 Å². The van der Waals surface area contributed by atoms with Crippen LogP contribution < -0.4 is 0 Å². The van der Waals surface area contributed by atoms with Crippen molar-refractivity contribution in [3.05, 3.63) is 0 Å². The topological polar surface area (TPSA) is 0 Å². The van der Waals surface area contributed by atoms with Gasteiger partial charge in [-0.3, -0.25) is 0 Å². The van der Waals surface area contributed by atoms with Gasteiger partial charge in [-0.15, -0.1) is 0 Å². The van der Waals surface area contributed by atoms with Crippen LogP contribution in [0.1, 0.15) is 98.3 Å². The summed E-state index contributed by atoms with van der Waals surface area (Å²) < 4.78 is 0. The Hall–Kier alpha value is 0. The highest BCUT2D eigenvalue weighted by atomic mass is 14.4. The van der Waals surface area contributed by atoms with Gasteiger partial charge in [-0.1, -0.05) is 85.5 Å². The van der Waals surface area contributed by atoms with E-state index >= 15 is 0 Å². The molecule has 0 heterocycles. The van der Waals surface area contributed by atoms with Crippen molar-refractivity contribution in [3.63, 3.8) is 0 Å². The highest BCUT2D eigenvalue weighted by molar-refractivity contribution is 4.83. The van der Waals surface area contributed by atoms with Gasteiger partial charge in [-0.05, 0) is 36.5 Å². The van der Waals surface area contributed by atoms with Gasteiger partial charge in [-0.25, -0.2) is 0 Å². The van der Waals surface area contributed by atoms with Gasteiger partial charge in [0.1, 0.15) is 0 Å². The molecule has 0 nitrogen and oxygen atoms in total. The Morgan fingerprint density at radius 2 is 0.684 bits per heavy atom. The van der Waals surface area contributed by atoms with E-state index in [1.54, 1.807) is 64.2 Å². The van der Waals surface area contributed by atoms with Gasteiger partial charge < -0.3 is 0 Å². The third-order valence-electron chi connectivity index (χ3n) is 5.27. The number of rotatable bonds is 0. The molecule has 0 atom stereocenters. The van der Waals surface area contributed by atoms with E-state index in [-0.39, 0.29) is 0 Å².